The lowest BCUT2D eigenvalue weighted by Gasteiger charge is -2.28. The highest BCUT2D eigenvalue weighted by Crippen LogP contribution is 2.34. The zero-order valence-electron chi connectivity index (χ0n) is 11.3. The molecule has 1 saturated heterocycles. The monoisotopic (exact) mass is 233 g/mol. The van der Waals surface area contributed by atoms with E-state index in [4.69, 9.17) is 0 Å². The molecule has 0 aromatic carbocycles. The number of pyridine rings is 1. The van der Waals surface area contributed by atoms with E-state index in [0.29, 0.717) is 12.1 Å². The van der Waals surface area contributed by atoms with Gasteiger partial charge in [-0.25, -0.2) is 4.98 Å². The number of aryl methyl sites for hydroxylation is 1. The third-order valence-corrected chi connectivity index (χ3v) is 3.68. The lowest BCUT2D eigenvalue weighted by atomic mass is 10.0. The number of hydrogen-bond donors (Lipinski definition) is 1. The molecule has 17 heavy (non-hydrogen) atoms. The van der Waals surface area contributed by atoms with Gasteiger partial charge in [0.05, 0.1) is 0 Å². The van der Waals surface area contributed by atoms with Gasteiger partial charge in [0, 0.05) is 25.3 Å². The van der Waals surface area contributed by atoms with Crippen molar-refractivity contribution < 1.29 is 0 Å². The van der Waals surface area contributed by atoms with Gasteiger partial charge in [0.15, 0.2) is 0 Å². The molecule has 2 rings (SSSR count). The summed E-state index contributed by atoms with van der Waals surface area (Å²) in [6, 6.07) is 3.46. The van der Waals surface area contributed by atoms with Crippen LogP contribution >= 0.6 is 0 Å². The molecule has 3 heteroatoms. The van der Waals surface area contributed by atoms with E-state index in [1.165, 1.54) is 30.5 Å². The smallest absolute Gasteiger partial charge is 0.128 e. The van der Waals surface area contributed by atoms with Crippen LogP contribution in [0.5, 0.6) is 0 Å². The molecular formula is C14H23N3. The minimum absolute atomic E-state index is 0.562. The van der Waals surface area contributed by atoms with E-state index in [2.05, 4.69) is 42.0 Å². The first-order valence-corrected chi connectivity index (χ1v) is 6.53. The first-order valence-electron chi connectivity index (χ1n) is 6.53. The summed E-state index contributed by atoms with van der Waals surface area (Å²) >= 11 is 0. The Hall–Kier alpha value is -1.09. The van der Waals surface area contributed by atoms with Gasteiger partial charge in [0.2, 0.25) is 0 Å². The van der Waals surface area contributed by atoms with E-state index in [0.717, 1.165) is 5.82 Å². The van der Waals surface area contributed by atoms with Gasteiger partial charge in [0.1, 0.15) is 5.82 Å². The third-order valence-electron chi connectivity index (χ3n) is 3.68. The molecule has 3 nitrogen and oxygen atoms in total. The van der Waals surface area contributed by atoms with Gasteiger partial charge in [-0.1, -0.05) is 0 Å². The number of hydrogen-bond acceptors (Lipinski definition) is 3. The Labute approximate surface area is 104 Å². The zero-order valence-corrected chi connectivity index (χ0v) is 11.3. The summed E-state index contributed by atoms with van der Waals surface area (Å²) < 4.78 is 0. The minimum Gasteiger partial charge on any atom is -0.373 e. The van der Waals surface area contributed by atoms with Gasteiger partial charge in [0.25, 0.3) is 0 Å². The highest BCUT2D eigenvalue weighted by atomic mass is 15.2. The Bertz CT molecular complexity index is 387. The Kier molecular flexibility index (Phi) is 3.67. The second kappa shape index (κ2) is 5.05. The fraction of sp³-hybridized carbons (Fsp3) is 0.643. The number of nitrogens with zero attached hydrogens (tertiary/aromatic N) is 2. The molecule has 0 radical (unpaired) electrons. The maximum absolute atomic E-state index is 4.50. The molecule has 0 unspecified atom stereocenters. The fourth-order valence-electron chi connectivity index (χ4n) is 2.81. The predicted molar refractivity (Wildman–Crippen MR) is 72.3 cm³/mol. The molecule has 0 saturated carbocycles. The molecule has 94 valence electrons. The number of nitrogens with one attached hydrogen (secondary N) is 1. The van der Waals surface area contributed by atoms with Crippen LogP contribution < -0.4 is 5.32 Å². The maximum Gasteiger partial charge on any atom is 0.128 e. The van der Waals surface area contributed by atoms with Crippen LogP contribution in [0.3, 0.4) is 0 Å². The van der Waals surface area contributed by atoms with Gasteiger partial charge in [-0.05, 0) is 57.4 Å². The van der Waals surface area contributed by atoms with Crippen LogP contribution in [0.1, 0.15) is 43.9 Å². The molecule has 2 heterocycles. The average molecular weight is 233 g/mol. The van der Waals surface area contributed by atoms with Crippen LogP contribution in [0, 0.1) is 6.92 Å². The largest absolute Gasteiger partial charge is 0.373 e. The highest BCUT2D eigenvalue weighted by Gasteiger charge is 2.28. The van der Waals surface area contributed by atoms with Crippen molar-refractivity contribution >= 4 is 5.82 Å². The SMILES string of the molecule is CNc1ncc([C@H]2CCCN2C(C)C)cc1C. The highest BCUT2D eigenvalue weighted by molar-refractivity contribution is 5.44. The van der Waals surface area contributed by atoms with Crippen LogP contribution in [-0.2, 0) is 0 Å². The second-order valence-corrected chi connectivity index (χ2v) is 5.17. The summed E-state index contributed by atoms with van der Waals surface area (Å²) in [5, 5.41) is 3.12. The topological polar surface area (TPSA) is 28.2 Å². The number of aromatic nitrogens is 1. The van der Waals surface area contributed by atoms with Crippen LogP contribution in [-0.4, -0.2) is 29.5 Å². The molecule has 0 bridgehead atoms. The standard InChI is InChI=1S/C14H23N3/c1-10(2)17-7-5-6-13(17)12-8-11(3)14(15-4)16-9-12/h8-10,13H,5-7H2,1-4H3,(H,15,16)/t13-/m1/s1. The van der Waals surface area contributed by atoms with Crippen LogP contribution in [0.15, 0.2) is 12.3 Å². The Morgan fingerprint density at radius 3 is 2.82 bits per heavy atom. The average Bonchev–Trinajstić information content (AvgIpc) is 2.77. The summed E-state index contributed by atoms with van der Waals surface area (Å²) in [6.07, 6.45) is 4.60. The molecule has 0 spiro atoms. The van der Waals surface area contributed by atoms with E-state index in [1.54, 1.807) is 0 Å². The number of anilines is 1. The second-order valence-electron chi connectivity index (χ2n) is 5.17. The molecule has 1 aromatic heterocycles. The Morgan fingerprint density at radius 2 is 2.24 bits per heavy atom. The molecule has 1 aliphatic rings. The molecule has 1 aliphatic heterocycles. The van der Waals surface area contributed by atoms with E-state index >= 15 is 0 Å². The van der Waals surface area contributed by atoms with Gasteiger partial charge in [-0.3, -0.25) is 4.90 Å². The van der Waals surface area contributed by atoms with Gasteiger partial charge in [-0.2, -0.15) is 0 Å². The van der Waals surface area contributed by atoms with Crippen molar-refractivity contribution in [3.8, 4) is 0 Å². The quantitative estimate of drug-likeness (QED) is 0.870. The van der Waals surface area contributed by atoms with E-state index in [-0.39, 0.29) is 0 Å². The van der Waals surface area contributed by atoms with Crippen LogP contribution in [0.25, 0.3) is 0 Å². The fourth-order valence-corrected chi connectivity index (χ4v) is 2.81. The molecule has 0 amide bonds. The number of rotatable bonds is 3. The first-order chi connectivity index (χ1) is 8.13. The van der Waals surface area contributed by atoms with Crippen molar-refractivity contribution in [2.45, 2.75) is 45.7 Å². The zero-order chi connectivity index (χ0) is 12.4. The van der Waals surface area contributed by atoms with Crippen molar-refractivity contribution in [1.82, 2.24) is 9.88 Å². The molecule has 1 aromatic rings. The molecular weight excluding hydrogens is 210 g/mol. The molecule has 1 N–H and O–H groups in total. The first kappa shape index (κ1) is 12.4. The summed E-state index contributed by atoms with van der Waals surface area (Å²) in [7, 11) is 1.92. The van der Waals surface area contributed by atoms with E-state index in [1.807, 2.05) is 13.2 Å². The predicted octanol–water partition coefficient (Wildman–Crippen LogP) is 2.98. The van der Waals surface area contributed by atoms with Crippen molar-refractivity contribution in [3.05, 3.63) is 23.4 Å². The Morgan fingerprint density at radius 1 is 1.47 bits per heavy atom. The van der Waals surface area contributed by atoms with Crippen molar-refractivity contribution in [2.24, 2.45) is 0 Å². The lowest BCUT2D eigenvalue weighted by molar-refractivity contribution is 0.205. The summed E-state index contributed by atoms with van der Waals surface area (Å²) in [5.41, 5.74) is 2.60. The normalized spacial score (nSPS) is 21.1. The maximum atomic E-state index is 4.50. The van der Waals surface area contributed by atoms with E-state index < -0.39 is 0 Å². The minimum atomic E-state index is 0.562. The van der Waals surface area contributed by atoms with E-state index in [9.17, 15) is 0 Å². The summed E-state index contributed by atoms with van der Waals surface area (Å²) in [6.45, 7) is 7.90. The molecule has 1 fully saturated rings. The van der Waals surface area contributed by atoms with Gasteiger partial charge in [-0.15, -0.1) is 0 Å². The summed E-state index contributed by atoms with van der Waals surface area (Å²) in [4.78, 5) is 7.08. The van der Waals surface area contributed by atoms with Crippen LogP contribution in [0.4, 0.5) is 5.82 Å². The Balaban J connectivity index is 2.24. The molecule has 1 atom stereocenters. The van der Waals surface area contributed by atoms with Crippen molar-refractivity contribution in [2.75, 3.05) is 18.9 Å². The third kappa shape index (κ3) is 2.44. The lowest BCUT2D eigenvalue weighted by Crippen LogP contribution is -2.30. The van der Waals surface area contributed by atoms with Crippen molar-refractivity contribution in [3.63, 3.8) is 0 Å². The summed E-state index contributed by atoms with van der Waals surface area (Å²) in [5.74, 6) is 0.989. The van der Waals surface area contributed by atoms with Crippen LogP contribution in [0.2, 0.25) is 0 Å². The van der Waals surface area contributed by atoms with Gasteiger partial charge < -0.3 is 5.32 Å². The van der Waals surface area contributed by atoms with Crippen molar-refractivity contribution in [1.29, 1.82) is 0 Å². The molecule has 0 aliphatic carbocycles. The van der Waals surface area contributed by atoms with Gasteiger partial charge >= 0.3 is 0 Å². The number of likely N-dealkylation sites (tertiary alicyclic amines) is 1.